The molecule has 0 atom stereocenters. The van der Waals surface area contributed by atoms with Crippen LogP contribution >= 0.6 is 0 Å². The first-order chi connectivity index (χ1) is 9.63. The van der Waals surface area contributed by atoms with Crippen molar-refractivity contribution in [2.24, 2.45) is 0 Å². The molecule has 0 unspecified atom stereocenters. The van der Waals surface area contributed by atoms with Gasteiger partial charge in [0.1, 0.15) is 0 Å². The van der Waals surface area contributed by atoms with Crippen LogP contribution < -0.4 is 0 Å². The van der Waals surface area contributed by atoms with E-state index in [2.05, 4.69) is 26.0 Å². The van der Waals surface area contributed by atoms with E-state index >= 15 is 0 Å². The predicted molar refractivity (Wildman–Crippen MR) is 83.5 cm³/mol. The van der Waals surface area contributed by atoms with Crippen molar-refractivity contribution in [1.82, 2.24) is 0 Å². The molecule has 108 valence electrons. The van der Waals surface area contributed by atoms with E-state index in [-0.39, 0.29) is 5.97 Å². The Morgan fingerprint density at radius 2 is 1.85 bits per heavy atom. The quantitative estimate of drug-likeness (QED) is 0.541. The van der Waals surface area contributed by atoms with Gasteiger partial charge in [0.15, 0.2) is 0 Å². The van der Waals surface area contributed by atoms with Crippen LogP contribution in [0.3, 0.4) is 0 Å². The minimum Gasteiger partial charge on any atom is -0.465 e. The van der Waals surface area contributed by atoms with Crippen molar-refractivity contribution < 1.29 is 9.53 Å². The van der Waals surface area contributed by atoms with Gasteiger partial charge < -0.3 is 4.74 Å². The van der Waals surface area contributed by atoms with Gasteiger partial charge >= 0.3 is 5.97 Å². The summed E-state index contributed by atoms with van der Waals surface area (Å²) in [5.74, 6) is -0.157. The van der Waals surface area contributed by atoms with Crippen molar-refractivity contribution >= 4 is 5.97 Å². The van der Waals surface area contributed by atoms with E-state index in [0.717, 1.165) is 18.4 Å². The second kappa shape index (κ2) is 9.13. The van der Waals surface area contributed by atoms with Gasteiger partial charge in [-0.2, -0.15) is 0 Å². The smallest absolute Gasteiger partial charge is 0.310 e. The fraction of sp³-hybridized carbons (Fsp3) is 0.389. The summed E-state index contributed by atoms with van der Waals surface area (Å²) in [6.07, 6.45) is 6.32. The van der Waals surface area contributed by atoms with E-state index in [1.54, 1.807) is 0 Å². The third-order valence-electron chi connectivity index (χ3n) is 3.32. The molecule has 1 aromatic rings. The molecule has 0 aliphatic carbocycles. The second-order valence-electron chi connectivity index (χ2n) is 4.97. The van der Waals surface area contributed by atoms with Gasteiger partial charge in [-0.05, 0) is 32.8 Å². The van der Waals surface area contributed by atoms with E-state index in [9.17, 15) is 4.79 Å². The third kappa shape index (κ3) is 6.37. The molecule has 0 spiro atoms. The third-order valence-corrected chi connectivity index (χ3v) is 3.32. The summed E-state index contributed by atoms with van der Waals surface area (Å²) < 4.78 is 5.28. The van der Waals surface area contributed by atoms with Gasteiger partial charge in [-0.25, -0.2) is 0 Å². The summed E-state index contributed by atoms with van der Waals surface area (Å²) >= 11 is 0. The molecule has 20 heavy (non-hydrogen) atoms. The normalized spacial score (nSPS) is 12.3. The Morgan fingerprint density at radius 1 is 1.15 bits per heavy atom. The van der Waals surface area contributed by atoms with Crippen LogP contribution in [0.25, 0.3) is 0 Å². The first-order valence-electron chi connectivity index (χ1n) is 7.09. The molecule has 0 N–H and O–H groups in total. The molecule has 2 heteroatoms. The van der Waals surface area contributed by atoms with Crippen LogP contribution in [0.5, 0.6) is 0 Å². The van der Waals surface area contributed by atoms with Crippen LogP contribution in [-0.4, -0.2) is 12.6 Å². The lowest BCUT2D eigenvalue weighted by atomic mass is 10.1. The largest absolute Gasteiger partial charge is 0.465 e. The monoisotopic (exact) mass is 272 g/mol. The molecular weight excluding hydrogens is 248 g/mol. The van der Waals surface area contributed by atoms with Crippen molar-refractivity contribution in [1.29, 1.82) is 0 Å². The highest BCUT2D eigenvalue weighted by atomic mass is 16.5. The van der Waals surface area contributed by atoms with Gasteiger partial charge in [-0.1, -0.05) is 53.6 Å². The maximum Gasteiger partial charge on any atom is 0.310 e. The molecule has 0 saturated heterocycles. The van der Waals surface area contributed by atoms with Gasteiger partial charge in [-0.15, -0.1) is 0 Å². The van der Waals surface area contributed by atoms with E-state index in [1.165, 1.54) is 11.1 Å². The Hall–Kier alpha value is -1.83. The molecule has 0 saturated carbocycles. The maximum absolute atomic E-state index is 11.7. The highest BCUT2D eigenvalue weighted by Gasteiger charge is 2.04. The molecule has 0 heterocycles. The van der Waals surface area contributed by atoms with Gasteiger partial charge in [0.25, 0.3) is 0 Å². The average Bonchev–Trinajstić information content (AvgIpc) is 2.45. The van der Waals surface area contributed by atoms with Gasteiger partial charge in [-0.3, -0.25) is 4.79 Å². The number of carbonyl (C=O) groups is 1. The number of carbonyl (C=O) groups excluding carboxylic acids is 1. The number of rotatable bonds is 7. The standard InChI is InChI=1S/C18H24O2/c1-4-5-9-15(2)16(3)12-13-20-18(19)14-17-10-7-6-8-11-17/h4-8,10-11H,9,12-14H2,1-3H3/b5-4+,16-15+. The maximum atomic E-state index is 11.7. The Labute approximate surface area is 122 Å². The van der Waals surface area contributed by atoms with Crippen molar-refractivity contribution in [2.45, 2.75) is 40.0 Å². The van der Waals surface area contributed by atoms with E-state index in [0.29, 0.717) is 13.0 Å². The number of hydrogen-bond acceptors (Lipinski definition) is 2. The lowest BCUT2D eigenvalue weighted by Crippen LogP contribution is -2.09. The van der Waals surface area contributed by atoms with Gasteiger partial charge in [0, 0.05) is 6.42 Å². The minimum absolute atomic E-state index is 0.157. The number of hydrogen-bond donors (Lipinski definition) is 0. The number of benzene rings is 1. The van der Waals surface area contributed by atoms with Crippen LogP contribution in [-0.2, 0) is 16.0 Å². The number of allylic oxidation sites excluding steroid dienone is 3. The summed E-state index contributed by atoms with van der Waals surface area (Å²) in [7, 11) is 0. The molecular formula is C18H24O2. The molecule has 0 aliphatic heterocycles. The van der Waals surface area contributed by atoms with Crippen molar-refractivity contribution in [2.75, 3.05) is 6.61 Å². The zero-order valence-corrected chi connectivity index (χ0v) is 12.7. The predicted octanol–water partition coefficient (Wildman–Crippen LogP) is 4.47. The molecule has 0 aliphatic rings. The Kier molecular flexibility index (Phi) is 7.41. The first kappa shape index (κ1) is 16.2. The van der Waals surface area contributed by atoms with Crippen LogP contribution in [0.4, 0.5) is 0 Å². The number of esters is 1. The second-order valence-corrected chi connectivity index (χ2v) is 4.97. The van der Waals surface area contributed by atoms with Crippen LogP contribution in [0.15, 0.2) is 53.6 Å². The van der Waals surface area contributed by atoms with Gasteiger partial charge in [0.2, 0.25) is 0 Å². The fourth-order valence-corrected chi connectivity index (χ4v) is 1.81. The molecule has 2 nitrogen and oxygen atoms in total. The fourth-order valence-electron chi connectivity index (χ4n) is 1.81. The van der Waals surface area contributed by atoms with Crippen LogP contribution in [0, 0.1) is 0 Å². The molecule has 1 rings (SSSR count). The zero-order chi connectivity index (χ0) is 14.8. The lowest BCUT2D eigenvalue weighted by Gasteiger charge is -2.08. The lowest BCUT2D eigenvalue weighted by molar-refractivity contribution is -0.142. The molecule has 1 aromatic carbocycles. The van der Waals surface area contributed by atoms with Crippen LogP contribution in [0.1, 0.15) is 39.2 Å². The molecule has 0 fully saturated rings. The zero-order valence-electron chi connectivity index (χ0n) is 12.7. The van der Waals surface area contributed by atoms with Gasteiger partial charge in [0.05, 0.1) is 13.0 Å². The summed E-state index contributed by atoms with van der Waals surface area (Å²) in [5, 5.41) is 0. The molecule has 0 aromatic heterocycles. The topological polar surface area (TPSA) is 26.3 Å². The Bertz CT molecular complexity index is 469. The molecule has 0 bridgehead atoms. The highest BCUT2D eigenvalue weighted by molar-refractivity contribution is 5.72. The Balaban J connectivity index is 2.31. The van der Waals surface area contributed by atoms with Crippen molar-refractivity contribution in [3.05, 3.63) is 59.2 Å². The molecule has 0 radical (unpaired) electrons. The number of ether oxygens (including phenoxy) is 1. The van der Waals surface area contributed by atoms with E-state index in [1.807, 2.05) is 37.3 Å². The minimum atomic E-state index is -0.157. The summed E-state index contributed by atoms with van der Waals surface area (Å²) in [5.41, 5.74) is 3.65. The summed E-state index contributed by atoms with van der Waals surface area (Å²) in [6, 6.07) is 9.68. The Morgan fingerprint density at radius 3 is 2.50 bits per heavy atom. The van der Waals surface area contributed by atoms with E-state index < -0.39 is 0 Å². The highest BCUT2D eigenvalue weighted by Crippen LogP contribution is 2.12. The van der Waals surface area contributed by atoms with Crippen molar-refractivity contribution in [3.63, 3.8) is 0 Å². The summed E-state index contributed by atoms with van der Waals surface area (Å²) in [6.45, 7) is 6.71. The average molecular weight is 272 g/mol. The SMILES string of the molecule is C/C=C/C/C(C)=C(\C)CCOC(=O)Cc1ccccc1. The van der Waals surface area contributed by atoms with E-state index in [4.69, 9.17) is 4.74 Å². The van der Waals surface area contributed by atoms with Crippen LogP contribution in [0.2, 0.25) is 0 Å². The first-order valence-corrected chi connectivity index (χ1v) is 7.09. The molecule has 0 amide bonds. The summed E-state index contributed by atoms with van der Waals surface area (Å²) in [4.78, 5) is 11.7. The van der Waals surface area contributed by atoms with Crippen molar-refractivity contribution in [3.8, 4) is 0 Å².